The summed E-state index contributed by atoms with van der Waals surface area (Å²) in [5.74, 6) is 0.382. The highest BCUT2D eigenvalue weighted by Gasteiger charge is 2.21. The van der Waals surface area contributed by atoms with Gasteiger partial charge in [0.2, 0.25) is 5.91 Å². The molecule has 1 aromatic heterocycles. The van der Waals surface area contributed by atoms with Crippen molar-refractivity contribution in [2.24, 2.45) is 5.73 Å². The van der Waals surface area contributed by atoms with E-state index in [1.807, 2.05) is 30.5 Å². The molecule has 0 fully saturated rings. The number of carbonyl (C=O) groups is 2. The number of carbonyl (C=O) groups excluding carboxylic acids is 2. The Morgan fingerprint density at radius 3 is 2.54 bits per heavy atom. The molecule has 2 aromatic rings. The predicted octanol–water partition coefficient (Wildman–Crippen LogP) is 2.84. The van der Waals surface area contributed by atoms with Crippen molar-refractivity contribution >= 4 is 39.4 Å². The number of aromatic nitrogens is 3. The first kappa shape index (κ1) is 18.7. The number of rotatable bonds is 8. The summed E-state index contributed by atoms with van der Waals surface area (Å²) in [6.45, 7) is 4.50. The van der Waals surface area contributed by atoms with Gasteiger partial charge in [-0.3, -0.25) is 9.59 Å². The second kappa shape index (κ2) is 8.43. The molecule has 1 aromatic carbocycles. The van der Waals surface area contributed by atoms with Crippen molar-refractivity contribution in [1.29, 1.82) is 0 Å². The van der Waals surface area contributed by atoms with E-state index in [4.69, 9.17) is 5.73 Å². The van der Waals surface area contributed by atoms with E-state index in [0.29, 0.717) is 29.5 Å². The van der Waals surface area contributed by atoms with Gasteiger partial charge >= 0.3 is 0 Å². The lowest BCUT2D eigenvalue weighted by atomic mass is 10.1. The number of ketones is 1. The zero-order valence-electron chi connectivity index (χ0n) is 13.5. The lowest BCUT2D eigenvalue weighted by Gasteiger charge is -2.11. The van der Waals surface area contributed by atoms with Gasteiger partial charge < -0.3 is 10.3 Å². The molecule has 128 valence electrons. The Morgan fingerprint density at radius 1 is 1.29 bits per heavy atom. The second-order valence-electron chi connectivity index (χ2n) is 5.24. The van der Waals surface area contributed by atoms with Crippen molar-refractivity contribution in [3.63, 3.8) is 0 Å². The Kier molecular flexibility index (Phi) is 6.56. The fourth-order valence-electron chi connectivity index (χ4n) is 2.20. The summed E-state index contributed by atoms with van der Waals surface area (Å²) in [7, 11) is 0. The molecule has 24 heavy (non-hydrogen) atoms. The maximum atomic E-state index is 12.5. The zero-order valence-corrected chi connectivity index (χ0v) is 15.9. The monoisotopic (exact) mass is 410 g/mol. The summed E-state index contributed by atoms with van der Waals surface area (Å²) >= 11 is 4.73. The van der Waals surface area contributed by atoms with Gasteiger partial charge in [0.1, 0.15) is 5.82 Å². The van der Waals surface area contributed by atoms with E-state index in [0.717, 1.165) is 4.47 Å². The standard InChI is InChI=1S/C16H19BrN4O2S/c1-3-21-14(9-8-13(18)22)19-20-16(21)24-10(2)15(23)11-4-6-12(17)7-5-11/h4-7,10H,3,8-9H2,1-2H3,(H2,18,22)/t10-/m1/s1. The van der Waals surface area contributed by atoms with Crippen molar-refractivity contribution in [2.45, 2.75) is 43.6 Å². The van der Waals surface area contributed by atoms with E-state index in [-0.39, 0.29) is 23.4 Å². The molecule has 1 amide bonds. The average Bonchev–Trinajstić information content (AvgIpc) is 2.94. The van der Waals surface area contributed by atoms with Crippen LogP contribution in [0, 0.1) is 0 Å². The van der Waals surface area contributed by atoms with Gasteiger partial charge in [-0.05, 0) is 26.0 Å². The van der Waals surface area contributed by atoms with Crippen molar-refractivity contribution in [2.75, 3.05) is 0 Å². The number of hydrogen-bond acceptors (Lipinski definition) is 5. The van der Waals surface area contributed by atoms with E-state index in [1.54, 1.807) is 12.1 Å². The maximum absolute atomic E-state index is 12.5. The number of primary amides is 1. The van der Waals surface area contributed by atoms with E-state index in [9.17, 15) is 9.59 Å². The van der Waals surface area contributed by atoms with Crippen molar-refractivity contribution < 1.29 is 9.59 Å². The van der Waals surface area contributed by atoms with Gasteiger partial charge in [-0.15, -0.1) is 10.2 Å². The van der Waals surface area contributed by atoms with Crippen LogP contribution in [0.5, 0.6) is 0 Å². The van der Waals surface area contributed by atoms with Crippen LogP contribution >= 0.6 is 27.7 Å². The molecule has 0 spiro atoms. The highest BCUT2D eigenvalue weighted by Crippen LogP contribution is 2.25. The van der Waals surface area contributed by atoms with E-state index in [1.165, 1.54) is 11.8 Å². The lowest BCUT2D eigenvalue weighted by Crippen LogP contribution is -2.15. The Morgan fingerprint density at radius 2 is 1.96 bits per heavy atom. The molecule has 0 radical (unpaired) electrons. The number of nitrogens with two attached hydrogens (primary N) is 1. The molecule has 2 N–H and O–H groups in total. The van der Waals surface area contributed by atoms with Crippen molar-refractivity contribution in [1.82, 2.24) is 14.8 Å². The Bertz CT molecular complexity index is 730. The van der Waals surface area contributed by atoms with Gasteiger partial charge in [0.15, 0.2) is 10.9 Å². The van der Waals surface area contributed by atoms with Crippen LogP contribution in [0.25, 0.3) is 0 Å². The van der Waals surface area contributed by atoms with Crippen LogP contribution in [0.15, 0.2) is 33.9 Å². The van der Waals surface area contributed by atoms with Gasteiger partial charge in [0.05, 0.1) is 5.25 Å². The molecule has 0 unspecified atom stereocenters. The fraction of sp³-hybridized carbons (Fsp3) is 0.375. The first-order valence-corrected chi connectivity index (χ1v) is 9.26. The molecule has 8 heteroatoms. The molecule has 1 atom stereocenters. The molecule has 1 heterocycles. The van der Waals surface area contributed by atoms with Gasteiger partial charge in [0.25, 0.3) is 0 Å². The van der Waals surface area contributed by atoms with Gasteiger partial charge in [-0.25, -0.2) is 0 Å². The minimum absolute atomic E-state index is 0.0387. The molecular weight excluding hydrogens is 392 g/mol. The van der Waals surface area contributed by atoms with Gasteiger partial charge in [-0.1, -0.05) is 39.8 Å². The van der Waals surface area contributed by atoms with Crippen LogP contribution in [-0.4, -0.2) is 31.7 Å². The van der Waals surface area contributed by atoms with Crippen LogP contribution in [0.2, 0.25) is 0 Å². The molecule has 0 bridgehead atoms. The number of aryl methyl sites for hydroxylation is 1. The lowest BCUT2D eigenvalue weighted by molar-refractivity contribution is -0.118. The van der Waals surface area contributed by atoms with Crippen LogP contribution in [0.3, 0.4) is 0 Å². The molecule has 0 aliphatic carbocycles. The minimum Gasteiger partial charge on any atom is -0.370 e. The Balaban J connectivity index is 2.10. The SMILES string of the molecule is CCn1c(CCC(N)=O)nnc1S[C@H](C)C(=O)c1ccc(Br)cc1. The van der Waals surface area contributed by atoms with Gasteiger partial charge in [0, 0.05) is 29.4 Å². The molecule has 0 aliphatic rings. The zero-order chi connectivity index (χ0) is 17.7. The summed E-state index contributed by atoms with van der Waals surface area (Å²) in [5.41, 5.74) is 5.85. The number of thioether (sulfide) groups is 1. The maximum Gasteiger partial charge on any atom is 0.217 e. The van der Waals surface area contributed by atoms with Crippen LogP contribution in [-0.2, 0) is 17.8 Å². The molecule has 0 saturated carbocycles. The van der Waals surface area contributed by atoms with Crippen LogP contribution in [0.4, 0.5) is 0 Å². The van der Waals surface area contributed by atoms with E-state index in [2.05, 4.69) is 26.1 Å². The summed E-state index contributed by atoms with van der Waals surface area (Å²) in [6.07, 6.45) is 0.682. The van der Waals surface area contributed by atoms with Crippen LogP contribution < -0.4 is 5.73 Å². The third-order valence-electron chi connectivity index (χ3n) is 3.48. The molecule has 2 rings (SSSR count). The smallest absolute Gasteiger partial charge is 0.217 e. The minimum atomic E-state index is -0.367. The quantitative estimate of drug-likeness (QED) is 0.533. The van der Waals surface area contributed by atoms with E-state index < -0.39 is 0 Å². The Hall–Kier alpha value is -1.67. The normalized spacial score (nSPS) is 12.1. The molecule has 6 nitrogen and oxygen atoms in total. The summed E-state index contributed by atoms with van der Waals surface area (Å²) in [6, 6.07) is 7.29. The third kappa shape index (κ3) is 4.67. The highest BCUT2D eigenvalue weighted by molar-refractivity contribution is 9.10. The van der Waals surface area contributed by atoms with Crippen molar-refractivity contribution in [3.8, 4) is 0 Å². The molecule has 0 aliphatic heterocycles. The second-order valence-corrected chi connectivity index (χ2v) is 7.46. The number of Topliss-reactive ketones (excluding diaryl/α,β-unsaturated/α-hetero) is 1. The number of benzene rings is 1. The third-order valence-corrected chi connectivity index (χ3v) is 5.09. The number of nitrogens with zero attached hydrogens (tertiary/aromatic N) is 3. The highest BCUT2D eigenvalue weighted by atomic mass is 79.9. The van der Waals surface area contributed by atoms with Crippen LogP contribution in [0.1, 0.15) is 36.5 Å². The first-order chi connectivity index (χ1) is 11.4. The average molecular weight is 411 g/mol. The number of hydrogen-bond donors (Lipinski definition) is 1. The number of halogens is 1. The molecular formula is C16H19BrN4O2S. The topological polar surface area (TPSA) is 90.9 Å². The fourth-order valence-corrected chi connectivity index (χ4v) is 3.48. The largest absolute Gasteiger partial charge is 0.370 e. The predicted molar refractivity (Wildman–Crippen MR) is 97.0 cm³/mol. The summed E-state index contributed by atoms with van der Waals surface area (Å²) < 4.78 is 2.85. The Labute approximate surface area is 153 Å². The first-order valence-electron chi connectivity index (χ1n) is 7.59. The molecule has 0 saturated heterocycles. The van der Waals surface area contributed by atoms with Gasteiger partial charge in [-0.2, -0.15) is 0 Å². The van der Waals surface area contributed by atoms with Crippen molar-refractivity contribution in [3.05, 3.63) is 40.1 Å². The summed E-state index contributed by atoms with van der Waals surface area (Å²) in [5, 5.41) is 8.67. The number of amides is 1. The van der Waals surface area contributed by atoms with E-state index >= 15 is 0 Å². The summed E-state index contributed by atoms with van der Waals surface area (Å²) in [4.78, 5) is 23.5.